The molecule has 108 valence electrons. The van der Waals surface area contributed by atoms with Crippen LogP contribution in [0.1, 0.15) is 22.0 Å². The van der Waals surface area contributed by atoms with Crippen LogP contribution >= 0.6 is 34.2 Å². The van der Waals surface area contributed by atoms with E-state index in [-0.39, 0.29) is 0 Å². The summed E-state index contributed by atoms with van der Waals surface area (Å²) in [4.78, 5) is 23.5. The lowest BCUT2D eigenvalue weighted by atomic mass is 10.1. The summed E-state index contributed by atoms with van der Waals surface area (Å²) in [5.41, 5.74) is 0.749. The van der Waals surface area contributed by atoms with Crippen LogP contribution in [0, 0.1) is 3.57 Å². The van der Waals surface area contributed by atoms with Crippen LogP contribution in [-0.2, 0) is 4.79 Å². The van der Waals surface area contributed by atoms with Gasteiger partial charge in [0.1, 0.15) is 0 Å². The molecule has 2 rings (SSSR count). The molecule has 2 N–H and O–H groups in total. The Bertz CT molecular complexity index is 673. The van der Waals surface area contributed by atoms with Gasteiger partial charge in [-0.1, -0.05) is 29.8 Å². The number of hydrogen-bond acceptors (Lipinski definition) is 2. The first kappa shape index (κ1) is 15.8. The number of carboxylic acid groups (broad SMARTS) is 1. The van der Waals surface area contributed by atoms with Gasteiger partial charge < -0.3 is 10.4 Å². The van der Waals surface area contributed by atoms with Gasteiger partial charge in [-0.2, -0.15) is 0 Å². The van der Waals surface area contributed by atoms with Gasteiger partial charge in [-0.05, 0) is 52.9 Å². The van der Waals surface area contributed by atoms with E-state index in [0.29, 0.717) is 16.1 Å². The number of benzene rings is 2. The van der Waals surface area contributed by atoms with Gasteiger partial charge in [0.25, 0.3) is 5.91 Å². The Labute approximate surface area is 140 Å². The van der Waals surface area contributed by atoms with Crippen molar-refractivity contribution >= 4 is 46.1 Å². The summed E-state index contributed by atoms with van der Waals surface area (Å²) in [6.07, 6.45) is 0. The first-order valence-corrected chi connectivity index (χ1v) is 7.48. The summed E-state index contributed by atoms with van der Waals surface area (Å²) in [5, 5.41) is 12.1. The molecule has 0 aliphatic carbocycles. The number of aliphatic carboxylic acids is 1. The fourth-order valence-corrected chi connectivity index (χ4v) is 2.40. The van der Waals surface area contributed by atoms with Crippen molar-refractivity contribution in [3.8, 4) is 0 Å². The molecule has 2 aromatic carbocycles. The molecule has 6 heteroatoms. The van der Waals surface area contributed by atoms with E-state index in [1.54, 1.807) is 48.5 Å². The molecule has 0 aliphatic heterocycles. The van der Waals surface area contributed by atoms with Gasteiger partial charge in [0.2, 0.25) is 0 Å². The quantitative estimate of drug-likeness (QED) is 0.751. The lowest BCUT2D eigenvalue weighted by Crippen LogP contribution is -2.33. The third-order valence-corrected chi connectivity index (χ3v) is 3.91. The summed E-state index contributed by atoms with van der Waals surface area (Å²) in [6.45, 7) is 0. The van der Waals surface area contributed by atoms with E-state index < -0.39 is 17.9 Å². The fourth-order valence-electron chi connectivity index (χ4n) is 1.80. The highest BCUT2D eigenvalue weighted by Gasteiger charge is 2.24. The van der Waals surface area contributed by atoms with Crippen LogP contribution in [0.5, 0.6) is 0 Å². The van der Waals surface area contributed by atoms with Crippen LogP contribution in [0.15, 0.2) is 48.5 Å². The van der Waals surface area contributed by atoms with E-state index in [1.165, 1.54) is 0 Å². The number of rotatable bonds is 4. The lowest BCUT2D eigenvalue weighted by Gasteiger charge is -2.16. The van der Waals surface area contributed by atoms with Crippen LogP contribution in [0.2, 0.25) is 5.02 Å². The number of carbonyl (C=O) groups is 2. The van der Waals surface area contributed by atoms with Crippen molar-refractivity contribution in [2.24, 2.45) is 0 Å². The Morgan fingerprint density at radius 1 is 1.10 bits per heavy atom. The second-order valence-corrected chi connectivity index (χ2v) is 5.93. The predicted molar refractivity (Wildman–Crippen MR) is 88.5 cm³/mol. The molecule has 0 saturated heterocycles. The highest BCUT2D eigenvalue weighted by Crippen LogP contribution is 2.23. The molecule has 0 saturated carbocycles. The van der Waals surface area contributed by atoms with E-state index in [1.807, 2.05) is 0 Å². The molecule has 0 unspecified atom stereocenters. The van der Waals surface area contributed by atoms with E-state index in [0.717, 1.165) is 3.57 Å². The van der Waals surface area contributed by atoms with Crippen molar-refractivity contribution in [1.29, 1.82) is 0 Å². The summed E-state index contributed by atoms with van der Waals surface area (Å²) < 4.78 is 0.991. The van der Waals surface area contributed by atoms with Crippen LogP contribution < -0.4 is 5.32 Å². The summed E-state index contributed by atoms with van der Waals surface area (Å²) in [6, 6.07) is 12.2. The van der Waals surface area contributed by atoms with Gasteiger partial charge in [-0.25, -0.2) is 4.79 Å². The summed E-state index contributed by atoms with van der Waals surface area (Å²) >= 11 is 8.12. The second kappa shape index (κ2) is 6.91. The molecular weight excluding hydrogens is 405 g/mol. The smallest absolute Gasteiger partial charge is 0.330 e. The number of hydrogen-bond donors (Lipinski definition) is 2. The Morgan fingerprint density at radius 2 is 1.71 bits per heavy atom. The van der Waals surface area contributed by atoms with Crippen molar-refractivity contribution < 1.29 is 14.7 Å². The predicted octanol–water partition coefficient (Wildman–Crippen LogP) is 3.50. The second-order valence-electron chi connectivity index (χ2n) is 4.27. The van der Waals surface area contributed by atoms with Gasteiger partial charge in [-0.3, -0.25) is 4.79 Å². The van der Waals surface area contributed by atoms with Crippen LogP contribution in [0.3, 0.4) is 0 Å². The molecule has 1 atom stereocenters. The normalized spacial score (nSPS) is 11.7. The Balaban J connectivity index is 2.25. The van der Waals surface area contributed by atoms with Gasteiger partial charge in [0, 0.05) is 19.7 Å². The van der Waals surface area contributed by atoms with E-state index in [4.69, 9.17) is 11.6 Å². The molecule has 0 fully saturated rings. The zero-order chi connectivity index (χ0) is 15.4. The van der Waals surface area contributed by atoms with Crippen molar-refractivity contribution in [3.05, 3.63) is 68.3 Å². The van der Waals surface area contributed by atoms with Crippen molar-refractivity contribution in [1.82, 2.24) is 5.32 Å². The summed E-state index contributed by atoms with van der Waals surface area (Å²) in [5.74, 6) is -1.62. The minimum atomic E-state index is -1.19. The zero-order valence-electron chi connectivity index (χ0n) is 10.7. The van der Waals surface area contributed by atoms with Gasteiger partial charge >= 0.3 is 5.97 Å². The number of halogens is 2. The van der Waals surface area contributed by atoms with Crippen LogP contribution in [0.25, 0.3) is 0 Å². The Kier molecular flexibility index (Phi) is 5.19. The molecule has 0 spiro atoms. The first-order valence-electron chi connectivity index (χ1n) is 6.02. The fraction of sp³-hybridized carbons (Fsp3) is 0.0667. The van der Waals surface area contributed by atoms with E-state index in [2.05, 4.69) is 27.9 Å². The number of nitrogens with one attached hydrogen (secondary N) is 1. The standard InChI is InChI=1S/C15H11ClINO3/c16-12-4-2-1-3-11(12)13(15(20)21)18-14(19)9-5-7-10(17)8-6-9/h1-8,13H,(H,18,19)(H,20,21)/t13-/m1/s1. The van der Waals surface area contributed by atoms with Crippen LogP contribution in [0.4, 0.5) is 0 Å². The topological polar surface area (TPSA) is 66.4 Å². The maximum atomic E-state index is 12.1. The molecular formula is C15H11ClINO3. The van der Waals surface area contributed by atoms with Gasteiger partial charge in [-0.15, -0.1) is 0 Å². The highest BCUT2D eigenvalue weighted by atomic mass is 127. The number of carboxylic acids is 1. The summed E-state index contributed by atoms with van der Waals surface area (Å²) in [7, 11) is 0. The average Bonchev–Trinajstić information content (AvgIpc) is 2.46. The molecule has 0 heterocycles. The highest BCUT2D eigenvalue weighted by molar-refractivity contribution is 14.1. The molecule has 2 aromatic rings. The molecule has 4 nitrogen and oxygen atoms in total. The first-order chi connectivity index (χ1) is 9.99. The third kappa shape index (κ3) is 3.95. The van der Waals surface area contributed by atoms with Crippen molar-refractivity contribution in [2.75, 3.05) is 0 Å². The van der Waals surface area contributed by atoms with Gasteiger partial charge in [0.15, 0.2) is 6.04 Å². The van der Waals surface area contributed by atoms with Crippen molar-refractivity contribution in [3.63, 3.8) is 0 Å². The molecule has 0 aliphatic rings. The van der Waals surface area contributed by atoms with E-state index in [9.17, 15) is 14.7 Å². The molecule has 21 heavy (non-hydrogen) atoms. The molecule has 0 radical (unpaired) electrons. The monoisotopic (exact) mass is 415 g/mol. The minimum Gasteiger partial charge on any atom is -0.479 e. The molecule has 1 amide bonds. The van der Waals surface area contributed by atoms with Crippen LogP contribution in [-0.4, -0.2) is 17.0 Å². The van der Waals surface area contributed by atoms with E-state index >= 15 is 0 Å². The Morgan fingerprint density at radius 3 is 2.29 bits per heavy atom. The minimum absolute atomic E-state index is 0.299. The number of carbonyl (C=O) groups excluding carboxylic acids is 1. The maximum absolute atomic E-state index is 12.1. The number of amides is 1. The maximum Gasteiger partial charge on any atom is 0.330 e. The lowest BCUT2D eigenvalue weighted by molar-refractivity contribution is -0.139. The third-order valence-electron chi connectivity index (χ3n) is 2.85. The zero-order valence-corrected chi connectivity index (χ0v) is 13.6. The average molecular weight is 416 g/mol. The SMILES string of the molecule is O=C(N[C@@H](C(=O)O)c1ccccc1Cl)c1ccc(I)cc1. The van der Waals surface area contributed by atoms with Gasteiger partial charge in [0.05, 0.1) is 0 Å². The molecule has 0 bridgehead atoms. The Hall–Kier alpha value is -1.60. The largest absolute Gasteiger partial charge is 0.479 e. The molecule has 0 aromatic heterocycles. The van der Waals surface area contributed by atoms with Crippen molar-refractivity contribution in [2.45, 2.75) is 6.04 Å².